The van der Waals surface area contributed by atoms with Gasteiger partial charge in [0.1, 0.15) is 0 Å². The second-order valence-corrected chi connectivity index (χ2v) is 7.16. The zero-order valence-corrected chi connectivity index (χ0v) is 16.3. The van der Waals surface area contributed by atoms with E-state index in [1.54, 1.807) is 0 Å². The van der Waals surface area contributed by atoms with E-state index in [-0.39, 0.29) is 18.3 Å². The zero-order chi connectivity index (χ0) is 17.6. The quantitative estimate of drug-likeness (QED) is 0.847. The standard InChI is InChI=1S/C22H28N2O.ClH/c1-17-2-4-18(5-3-17)6-7-19-12-14-24(15-13-19)22(25)21-10-8-20(16-23)9-11-21;/h2-5,8-11,19H,6-7,12-16,23H2,1H3;1H. The molecule has 0 unspecified atom stereocenters. The van der Waals surface area contributed by atoms with Crippen molar-refractivity contribution < 1.29 is 4.79 Å². The maximum Gasteiger partial charge on any atom is 0.253 e. The molecule has 3 rings (SSSR count). The number of halogens is 1. The Labute approximate surface area is 163 Å². The van der Waals surface area contributed by atoms with Crippen LogP contribution in [0.5, 0.6) is 0 Å². The zero-order valence-electron chi connectivity index (χ0n) is 15.5. The lowest BCUT2D eigenvalue weighted by atomic mass is 9.90. The van der Waals surface area contributed by atoms with E-state index in [2.05, 4.69) is 31.2 Å². The van der Waals surface area contributed by atoms with Gasteiger partial charge in [0.25, 0.3) is 5.91 Å². The Kier molecular flexibility index (Phi) is 7.67. The average molecular weight is 373 g/mol. The van der Waals surface area contributed by atoms with Gasteiger partial charge in [0.15, 0.2) is 0 Å². The first-order valence-electron chi connectivity index (χ1n) is 9.29. The van der Waals surface area contributed by atoms with E-state index in [1.807, 2.05) is 29.2 Å². The molecule has 4 heteroatoms. The third-order valence-corrected chi connectivity index (χ3v) is 5.30. The largest absolute Gasteiger partial charge is 0.339 e. The Hall–Kier alpha value is -1.84. The molecule has 3 nitrogen and oxygen atoms in total. The fourth-order valence-corrected chi connectivity index (χ4v) is 3.52. The highest BCUT2D eigenvalue weighted by atomic mass is 35.5. The number of amides is 1. The number of aryl methyl sites for hydroxylation is 2. The van der Waals surface area contributed by atoms with Crippen LogP contribution in [0, 0.1) is 12.8 Å². The number of piperidine rings is 1. The molecule has 26 heavy (non-hydrogen) atoms. The molecule has 0 atom stereocenters. The summed E-state index contributed by atoms with van der Waals surface area (Å²) < 4.78 is 0. The van der Waals surface area contributed by atoms with E-state index < -0.39 is 0 Å². The van der Waals surface area contributed by atoms with E-state index in [0.717, 1.165) is 49.4 Å². The minimum atomic E-state index is 0. The van der Waals surface area contributed by atoms with Crippen molar-refractivity contribution in [3.05, 3.63) is 70.8 Å². The number of likely N-dealkylation sites (tertiary alicyclic amines) is 1. The highest BCUT2D eigenvalue weighted by molar-refractivity contribution is 5.94. The number of carbonyl (C=O) groups excluding carboxylic acids is 1. The Morgan fingerprint density at radius 1 is 1.00 bits per heavy atom. The Balaban J connectivity index is 0.00000243. The molecule has 1 aliphatic rings. The summed E-state index contributed by atoms with van der Waals surface area (Å²) in [5.74, 6) is 0.880. The van der Waals surface area contributed by atoms with Gasteiger partial charge >= 0.3 is 0 Å². The second-order valence-electron chi connectivity index (χ2n) is 7.16. The number of carbonyl (C=O) groups is 1. The van der Waals surface area contributed by atoms with Gasteiger partial charge in [-0.15, -0.1) is 12.4 Å². The SMILES string of the molecule is Cc1ccc(CCC2CCN(C(=O)c3ccc(CN)cc3)CC2)cc1.Cl. The van der Waals surface area contributed by atoms with E-state index in [4.69, 9.17) is 5.73 Å². The van der Waals surface area contributed by atoms with Crippen LogP contribution in [0.1, 0.15) is 46.3 Å². The van der Waals surface area contributed by atoms with E-state index >= 15 is 0 Å². The van der Waals surface area contributed by atoms with E-state index in [1.165, 1.54) is 17.5 Å². The summed E-state index contributed by atoms with van der Waals surface area (Å²) in [5, 5.41) is 0. The highest BCUT2D eigenvalue weighted by Crippen LogP contribution is 2.23. The van der Waals surface area contributed by atoms with Gasteiger partial charge < -0.3 is 10.6 Å². The van der Waals surface area contributed by atoms with Gasteiger partial charge in [-0.2, -0.15) is 0 Å². The number of hydrogen-bond donors (Lipinski definition) is 1. The summed E-state index contributed by atoms with van der Waals surface area (Å²) in [6, 6.07) is 16.5. The molecule has 2 N–H and O–H groups in total. The predicted molar refractivity (Wildman–Crippen MR) is 110 cm³/mol. The Morgan fingerprint density at radius 3 is 2.15 bits per heavy atom. The number of nitrogens with zero attached hydrogens (tertiary/aromatic N) is 1. The van der Waals surface area contributed by atoms with Crippen LogP contribution in [0.2, 0.25) is 0 Å². The fraction of sp³-hybridized carbons (Fsp3) is 0.409. The third-order valence-electron chi connectivity index (χ3n) is 5.30. The molecule has 2 aromatic rings. The first kappa shape index (κ1) is 20.5. The van der Waals surface area contributed by atoms with Crippen LogP contribution in [-0.4, -0.2) is 23.9 Å². The van der Waals surface area contributed by atoms with Crippen LogP contribution in [0.3, 0.4) is 0 Å². The van der Waals surface area contributed by atoms with Crippen molar-refractivity contribution in [1.29, 1.82) is 0 Å². The van der Waals surface area contributed by atoms with Gasteiger partial charge in [-0.05, 0) is 61.8 Å². The summed E-state index contributed by atoms with van der Waals surface area (Å²) in [4.78, 5) is 14.6. The lowest BCUT2D eigenvalue weighted by Gasteiger charge is -2.32. The minimum Gasteiger partial charge on any atom is -0.339 e. The fourth-order valence-electron chi connectivity index (χ4n) is 3.52. The van der Waals surface area contributed by atoms with Crippen molar-refractivity contribution in [2.45, 2.75) is 39.2 Å². The monoisotopic (exact) mass is 372 g/mol. The van der Waals surface area contributed by atoms with Gasteiger partial charge in [-0.3, -0.25) is 4.79 Å². The molecule has 2 aromatic carbocycles. The number of nitrogens with two attached hydrogens (primary N) is 1. The lowest BCUT2D eigenvalue weighted by Crippen LogP contribution is -2.38. The van der Waals surface area contributed by atoms with Gasteiger partial charge in [0.05, 0.1) is 0 Å². The van der Waals surface area contributed by atoms with E-state index in [9.17, 15) is 4.79 Å². The van der Waals surface area contributed by atoms with Gasteiger partial charge in [-0.1, -0.05) is 42.0 Å². The van der Waals surface area contributed by atoms with Crippen LogP contribution in [0.4, 0.5) is 0 Å². The molecule has 0 radical (unpaired) electrons. The number of benzene rings is 2. The molecule has 1 heterocycles. The van der Waals surface area contributed by atoms with Crippen molar-refractivity contribution in [2.24, 2.45) is 11.7 Å². The molecule has 0 saturated carbocycles. The van der Waals surface area contributed by atoms with Crippen LogP contribution >= 0.6 is 12.4 Å². The summed E-state index contributed by atoms with van der Waals surface area (Å²) >= 11 is 0. The topological polar surface area (TPSA) is 46.3 Å². The summed E-state index contributed by atoms with van der Waals surface area (Å²) in [5.41, 5.74) is 10.2. The Morgan fingerprint density at radius 2 is 1.58 bits per heavy atom. The molecule has 0 aliphatic carbocycles. The number of rotatable bonds is 5. The van der Waals surface area contributed by atoms with Crippen molar-refractivity contribution in [3.8, 4) is 0 Å². The molecule has 1 aliphatic heterocycles. The molecule has 140 valence electrons. The first-order chi connectivity index (χ1) is 12.2. The molecule has 1 amide bonds. The second kappa shape index (κ2) is 9.75. The third kappa shape index (κ3) is 5.33. The van der Waals surface area contributed by atoms with Crippen molar-refractivity contribution in [2.75, 3.05) is 13.1 Å². The van der Waals surface area contributed by atoms with Crippen LogP contribution in [0.15, 0.2) is 48.5 Å². The number of hydrogen-bond acceptors (Lipinski definition) is 2. The summed E-state index contributed by atoms with van der Waals surface area (Å²) in [7, 11) is 0. The van der Waals surface area contributed by atoms with Gasteiger partial charge in [0.2, 0.25) is 0 Å². The minimum absolute atomic E-state index is 0. The van der Waals surface area contributed by atoms with Gasteiger partial charge in [0, 0.05) is 25.2 Å². The van der Waals surface area contributed by atoms with Crippen molar-refractivity contribution >= 4 is 18.3 Å². The molecule has 1 saturated heterocycles. The summed E-state index contributed by atoms with van der Waals surface area (Å²) in [6.07, 6.45) is 4.58. The predicted octanol–water partition coefficient (Wildman–Crippen LogP) is 4.36. The van der Waals surface area contributed by atoms with Crippen LogP contribution in [-0.2, 0) is 13.0 Å². The van der Waals surface area contributed by atoms with Crippen molar-refractivity contribution in [1.82, 2.24) is 4.90 Å². The molecular formula is C22H29ClN2O. The summed E-state index contributed by atoms with van der Waals surface area (Å²) in [6.45, 7) is 4.38. The Bertz CT molecular complexity index is 689. The molecule has 0 bridgehead atoms. The average Bonchev–Trinajstić information content (AvgIpc) is 2.67. The van der Waals surface area contributed by atoms with Crippen molar-refractivity contribution in [3.63, 3.8) is 0 Å². The lowest BCUT2D eigenvalue weighted by molar-refractivity contribution is 0.0687. The normalized spacial score (nSPS) is 14.8. The van der Waals surface area contributed by atoms with Crippen LogP contribution in [0.25, 0.3) is 0 Å². The molecule has 0 aromatic heterocycles. The highest BCUT2D eigenvalue weighted by Gasteiger charge is 2.23. The molecule has 0 spiro atoms. The maximum atomic E-state index is 12.6. The maximum absolute atomic E-state index is 12.6. The van der Waals surface area contributed by atoms with E-state index in [0.29, 0.717) is 6.54 Å². The first-order valence-corrected chi connectivity index (χ1v) is 9.29. The molecular weight excluding hydrogens is 344 g/mol. The molecule has 1 fully saturated rings. The van der Waals surface area contributed by atoms with Crippen LogP contribution < -0.4 is 5.73 Å². The smallest absolute Gasteiger partial charge is 0.253 e. The van der Waals surface area contributed by atoms with Gasteiger partial charge in [-0.25, -0.2) is 0 Å².